The predicted molar refractivity (Wildman–Crippen MR) is 54.8 cm³/mol. The van der Waals surface area contributed by atoms with E-state index in [1.165, 1.54) is 12.1 Å². The Morgan fingerprint density at radius 3 is 2.87 bits per heavy atom. The van der Waals surface area contributed by atoms with Crippen LogP contribution in [0.1, 0.15) is 0 Å². The van der Waals surface area contributed by atoms with E-state index in [1.54, 1.807) is 6.07 Å². The van der Waals surface area contributed by atoms with Crippen LogP contribution in [0.2, 0.25) is 0 Å². The van der Waals surface area contributed by atoms with Crippen LogP contribution >= 0.6 is 0 Å². The van der Waals surface area contributed by atoms with Crippen LogP contribution in [0.15, 0.2) is 18.2 Å². The maximum absolute atomic E-state index is 13.2. The van der Waals surface area contributed by atoms with Crippen LogP contribution in [0.5, 0.6) is 0 Å². The predicted octanol–water partition coefficient (Wildman–Crippen LogP) is 0.915. The number of nitrogens with two attached hydrogens (primary N) is 2. The quantitative estimate of drug-likeness (QED) is 0.512. The van der Waals surface area contributed by atoms with Gasteiger partial charge in [-0.25, -0.2) is 9.18 Å². The fraction of sp³-hybridized carbons (Fsp3) is 0.222. The number of nitrogens with one attached hydrogen (secondary N) is 1. The summed E-state index contributed by atoms with van der Waals surface area (Å²) >= 11 is 0. The summed E-state index contributed by atoms with van der Waals surface area (Å²) in [6, 6.07) is 4.28. The van der Waals surface area contributed by atoms with E-state index in [9.17, 15) is 9.18 Å². The molecule has 0 unspecified atom stereocenters. The van der Waals surface area contributed by atoms with Crippen LogP contribution in [0.3, 0.4) is 0 Å². The largest absolute Gasteiger partial charge is 0.448 e. The molecule has 0 fully saturated rings. The van der Waals surface area contributed by atoms with Gasteiger partial charge in [-0.1, -0.05) is 0 Å². The number of hydrogen-bond donors (Lipinski definition) is 3. The summed E-state index contributed by atoms with van der Waals surface area (Å²) in [5.41, 5.74) is 10.8. The molecule has 0 atom stereocenters. The van der Waals surface area contributed by atoms with Gasteiger partial charge in [0.1, 0.15) is 12.4 Å². The molecule has 82 valence electrons. The Hall–Kier alpha value is -1.98. The number of rotatable bonds is 4. The van der Waals surface area contributed by atoms with Crippen LogP contribution in [-0.2, 0) is 4.74 Å². The van der Waals surface area contributed by atoms with Crippen LogP contribution in [0, 0.1) is 5.82 Å². The molecule has 0 aliphatic rings. The molecule has 5 N–H and O–H groups in total. The normalized spacial score (nSPS) is 9.67. The molecule has 0 saturated carbocycles. The Balaban J connectivity index is 2.40. The van der Waals surface area contributed by atoms with Crippen molar-refractivity contribution in [3.05, 3.63) is 24.0 Å². The summed E-state index contributed by atoms with van der Waals surface area (Å²) in [6.07, 6.45) is -0.852. The second-order valence-corrected chi connectivity index (χ2v) is 2.83. The third-order valence-corrected chi connectivity index (χ3v) is 1.65. The lowest BCUT2D eigenvalue weighted by Gasteiger charge is -2.07. The van der Waals surface area contributed by atoms with Crippen LogP contribution in [-0.4, -0.2) is 19.2 Å². The maximum Gasteiger partial charge on any atom is 0.404 e. The number of halogens is 1. The van der Waals surface area contributed by atoms with E-state index in [4.69, 9.17) is 11.5 Å². The van der Waals surface area contributed by atoms with Crippen molar-refractivity contribution in [3.8, 4) is 0 Å². The van der Waals surface area contributed by atoms with Crippen molar-refractivity contribution in [2.24, 2.45) is 5.73 Å². The van der Waals surface area contributed by atoms with Gasteiger partial charge in [-0.3, -0.25) is 0 Å². The van der Waals surface area contributed by atoms with Gasteiger partial charge in [0.2, 0.25) is 0 Å². The summed E-state index contributed by atoms with van der Waals surface area (Å²) in [5.74, 6) is -0.450. The Morgan fingerprint density at radius 1 is 1.53 bits per heavy atom. The SMILES string of the molecule is NC(=O)OCCNc1ccc(N)cc1F. The molecule has 0 bridgehead atoms. The molecule has 0 spiro atoms. The van der Waals surface area contributed by atoms with E-state index in [0.717, 1.165) is 0 Å². The van der Waals surface area contributed by atoms with Gasteiger partial charge >= 0.3 is 6.09 Å². The second-order valence-electron chi connectivity index (χ2n) is 2.83. The molecule has 6 heteroatoms. The van der Waals surface area contributed by atoms with E-state index >= 15 is 0 Å². The number of ether oxygens (including phenoxy) is 1. The van der Waals surface area contributed by atoms with Crippen molar-refractivity contribution in [2.75, 3.05) is 24.2 Å². The molecule has 15 heavy (non-hydrogen) atoms. The number of hydrogen-bond acceptors (Lipinski definition) is 4. The molecule has 5 nitrogen and oxygen atoms in total. The third-order valence-electron chi connectivity index (χ3n) is 1.65. The van der Waals surface area contributed by atoms with E-state index in [-0.39, 0.29) is 13.2 Å². The Labute approximate surface area is 86.2 Å². The second kappa shape index (κ2) is 5.04. The van der Waals surface area contributed by atoms with Gasteiger partial charge in [0.15, 0.2) is 0 Å². The fourth-order valence-electron chi connectivity index (χ4n) is 1.01. The lowest BCUT2D eigenvalue weighted by atomic mass is 10.2. The molecule has 1 rings (SSSR count). The highest BCUT2D eigenvalue weighted by atomic mass is 19.1. The highest BCUT2D eigenvalue weighted by Gasteiger charge is 2.01. The van der Waals surface area contributed by atoms with Crippen molar-refractivity contribution in [1.29, 1.82) is 0 Å². The van der Waals surface area contributed by atoms with Gasteiger partial charge in [-0.05, 0) is 18.2 Å². The summed E-state index contributed by atoms with van der Waals surface area (Å²) in [4.78, 5) is 10.2. The third kappa shape index (κ3) is 3.72. The Bertz CT molecular complexity index is 357. The molecule has 0 saturated heterocycles. The highest BCUT2D eigenvalue weighted by Crippen LogP contribution is 2.16. The number of anilines is 2. The monoisotopic (exact) mass is 213 g/mol. The number of primary amides is 1. The van der Waals surface area contributed by atoms with E-state index in [1.807, 2.05) is 0 Å². The molecule has 0 aromatic heterocycles. The number of carbonyl (C=O) groups excluding carboxylic acids is 1. The minimum atomic E-state index is -0.852. The van der Waals surface area contributed by atoms with Gasteiger partial charge in [0.05, 0.1) is 5.69 Å². The molecule has 0 heterocycles. The van der Waals surface area contributed by atoms with E-state index < -0.39 is 11.9 Å². The van der Waals surface area contributed by atoms with E-state index in [0.29, 0.717) is 11.4 Å². The first-order chi connectivity index (χ1) is 7.09. The minimum absolute atomic E-state index is 0.0825. The van der Waals surface area contributed by atoms with Crippen molar-refractivity contribution < 1.29 is 13.9 Å². The molecule has 0 radical (unpaired) electrons. The maximum atomic E-state index is 13.2. The summed E-state index contributed by atoms with van der Waals surface area (Å²) in [7, 11) is 0. The first-order valence-corrected chi connectivity index (χ1v) is 4.30. The molecule has 0 aliphatic carbocycles. The average molecular weight is 213 g/mol. The van der Waals surface area contributed by atoms with Crippen molar-refractivity contribution >= 4 is 17.5 Å². The molecular formula is C9H12FN3O2. The Kier molecular flexibility index (Phi) is 3.73. The summed E-state index contributed by atoms with van der Waals surface area (Å²) in [6.45, 7) is 0.364. The highest BCUT2D eigenvalue weighted by molar-refractivity contribution is 5.64. The molecule has 1 amide bonds. The topological polar surface area (TPSA) is 90.4 Å². The smallest absolute Gasteiger partial charge is 0.404 e. The van der Waals surface area contributed by atoms with Gasteiger partial charge in [0.25, 0.3) is 0 Å². The molecular weight excluding hydrogens is 201 g/mol. The van der Waals surface area contributed by atoms with Crippen LogP contribution in [0.25, 0.3) is 0 Å². The first-order valence-electron chi connectivity index (χ1n) is 4.30. The standard InChI is InChI=1S/C9H12FN3O2/c10-7-5-6(11)1-2-8(7)13-3-4-15-9(12)14/h1-2,5,13H,3-4,11H2,(H2,12,14). The zero-order valence-electron chi connectivity index (χ0n) is 8.00. The Morgan fingerprint density at radius 2 is 2.27 bits per heavy atom. The number of amides is 1. The van der Waals surface area contributed by atoms with Gasteiger partial charge in [0, 0.05) is 12.2 Å². The van der Waals surface area contributed by atoms with Crippen LogP contribution < -0.4 is 16.8 Å². The van der Waals surface area contributed by atoms with E-state index in [2.05, 4.69) is 10.1 Å². The first kappa shape index (κ1) is 11.1. The summed E-state index contributed by atoms with van der Waals surface area (Å²) < 4.78 is 17.6. The summed E-state index contributed by atoms with van der Waals surface area (Å²) in [5, 5.41) is 2.73. The lowest BCUT2D eigenvalue weighted by Crippen LogP contribution is -2.18. The number of nitrogen functional groups attached to an aromatic ring is 1. The van der Waals surface area contributed by atoms with Crippen molar-refractivity contribution in [1.82, 2.24) is 0 Å². The molecule has 1 aromatic rings. The van der Waals surface area contributed by atoms with Gasteiger partial charge < -0.3 is 21.5 Å². The number of benzene rings is 1. The van der Waals surface area contributed by atoms with Gasteiger partial charge in [-0.2, -0.15) is 0 Å². The average Bonchev–Trinajstić information content (AvgIpc) is 2.14. The lowest BCUT2D eigenvalue weighted by molar-refractivity contribution is 0.161. The zero-order valence-corrected chi connectivity index (χ0v) is 8.00. The number of carbonyl (C=O) groups is 1. The van der Waals surface area contributed by atoms with Crippen molar-refractivity contribution in [3.63, 3.8) is 0 Å². The zero-order chi connectivity index (χ0) is 11.3. The fourth-order valence-corrected chi connectivity index (χ4v) is 1.01. The molecule has 0 aliphatic heterocycles. The molecule has 1 aromatic carbocycles. The van der Waals surface area contributed by atoms with Gasteiger partial charge in [-0.15, -0.1) is 0 Å². The van der Waals surface area contributed by atoms with Crippen molar-refractivity contribution in [2.45, 2.75) is 0 Å². The minimum Gasteiger partial charge on any atom is -0.448 e. The van der Waals surface area contributed by atoms with Crippen LogP contribution in [0.4, 0.5) is 20.6 Å².